The van der Waals surface area contributed by atoms with Crippen LogP contribution in [0.3, 0.4) is 0 Å². The first-order valence-electron chi connectivity index (χ1n) is 11.3. The van der Waals surface area contributed by atoms with E-state index in [1.54, 1.807) is 13.0 Å². The molecule has 36 heavy (non-hydrogen) atoms. The number of esters is 1. The predicted molar refractivity (Wildman–Crippen MR) is 144 cm³/mol. The second kappa shape index (κ2) is 11.2. The van der Waals surface area contributed by atoms with Crippen LogP contribution in [0.15, 0.2) is 68.7 Å². The largest absolute Gasteiger partial charge is 0.493 e. The van der Waals surface area contributed by atoms with Crippen LogP contribution >= 0.6 is 27.7 Å². The summed E-state index contributed by atoms with van der Waals surface area (Å²) in [6.07, 6.45) is 1.89. The second-order valence-corrected chi connectivity index (χ2v) is 9.82. The number of anilines is 1. The first-order chi connectivity index (χ1) is 17.3. The molecule has 2 aromatic rings. The Balaban J connectivity index is 1.55. The van der Waals surface area contributed by atoms with Crippen molar-refractivity contribution in [3.05, 3.63) is 74.9 Å². The number of thioether (sulfide) groups is 1. The number of fused-ring (bicyclic) bond motifs is 1. The molecule has 0 spiro atoms. The average molecular weight is 572 g/mol. The normalized spacial score (nSPS) is 16.4. The van der Waals surface area contributed by atoms with E-state index in [1.165, 1.54) is 18.9 Å². The molecule has 2 aromatic carbocycles. The third-order valence-corrected chi connectivity index (χ3v) is 6.90. The Morgan fingerprint density at radius 1 is 1.17 bits per heavy atom. The standard InChI is InChI=1S/C26H26BrN3O5S/c1-5-34-25(32)23-16(3)28-26-30(10-11-36-26)24(23)17-6-9-20(21(13-17)33-4)35-14-22(31)29-19-8-7-18(27)12-15(19)2/h6-13,24H,5,14H2,1-4H3,(H,29,31)/t24-/m1/s1. The molecule has 1 atom stereocenters. The van der Waals surface area contributed by atoms with Crippen molar-refractivity contribution >= 4 is 50.4 Å². The van der Waals surface area contributed by atoms with Gasteiger partial charge in [-0.2, -0.15) is 0 Å². The van der Waals surface area contributed by atoms with Crippen molar-refractivity contribution in [1.82, 2.24) is 4.90 Å². The van der Waals surface area contributed by atoms with Crippen LogP contribution in [0, 0.1) is 6.92 Å². The van der Waals surface area contributed by atoms with Gasteiger partial charge in [0, 0.05) is 16.4 Å². The number of amidine groups is 1. The third kappa shape index (κ3) is 5.44. The minimum atomic E-state index is -0.436. The van der Waals surface area contributed by atoms with Gasteiger partial charge < -0.3 is 24.4 Å². The number of hydrogen-bond acceptors (Lipinski definition) is 8. The monoisotopic (exact) mass is 571 g/mol. The maximum atomic E-state index is 12.9. The van der Waals surface area contributed by atoms with Crippen LogP contribution in [-0.2, 0) is 14.3 Å². The van der Waals surface area contributed by atoms with E-state index in [-0.39, 0.29) is 19.1 Å². The predicted octanol–water partition coefficient (Wildman–Crippen LogP) is 5.55. The van der Waals surface area contributed by atoms with Gasteiger partial charge in [-0.25, -0.2) is 9.79 Å². The number of ether oxygens (including phenoxy) is 3. The van der Waals surface area contributed by atoms with E-state index in [2.05, 4.69) is 26.2 Å². The Morgan fingerprint density at radius 3 is 2.69 bits per heavy atom. The van der Waals surface area contributed by atoms with Gasteiger partial charge in [-0.05, 0) is 67.6 Å². The highest BCUT2D eigenvalue weighted by atomic mass is 79.9. The molecule has 1 amide bonds. The van der Waals surface area contributed by atoms with E-state index >= 15 is 0 Å². The highest BCUT2D eigenvalue weighted by Crippen LogP contribution is 2.43. The quantitative estimate of drug-likeness (QED) is 0.415. The zero-order valence-electron chi connectivity index (χ0n) is 20.3. The van der Waals surface area contributed by atoms with Crippen molar-refractivity contribution in [1.29, 1.82) is 0 Å². The lowest BCUT2D eigenvalue weighted by molar-refractivity contribution is -0.139. The second-order valence-electron chi connectivity index (χ2n) is 8.03. The molecule has 2 aliphatic rings. The minimum Gasteiger partial charge on any atom is -0.493 e. The van der Waals surface area contributed by atoms with Gasteiger partial charge in [0.2, 0.25) is 0 Å². The minimum absolute atomic E-state index is 0.190. The molecule has 0 aromatic heterocycles. The number of carbonyl (C=O) groups is 2. The zero-order chi connectivity index (χ0) is 25.8. The van der Waals surface area contributed by atoms with E-state index in [4.69, 9.17) is 14.2 Å². The SMILES string of the molecule is CCOC(=O)C1=C(C)N=C2SC=CN2[C@@H]1c1ccc(OCC(=O)Nc2ccc(Br)cc2C)c(OC)c1. The molecule has 2 heterocycles. The Kier molecular flexibility index (Phi) is 8.05. The Labute approximate surface area is 222 Å². The van der Waals surface area contributed by atoms with E-state index < -0.39 is 12.0 Å². The van der Waals surface area contributed by atoms with Crippen LogP contribution in [-0.4, -0.2) is 42.3 Å². The van der Waals surface area contributed by atoms with Crippen molar-refractivity contribution in [2.45, 2.75) is 26.8 Å². The van der Waals surface area contributed by atoms with Crippen LogP contribution < -0.4 is 14.8 Å². The maximum Gasteiger partial charge on any atom is 0.338 e. The first-order valence-corrected chi connectivity index (χ1v) is 12.9. The van der Waals surface area contributed by atoms with Gasteiger partial charge in [0.25, 0.3) is 5.91 Å². The molecule has 0 saturated heterocycles. The number of aliphatic imine (C=N–C) groups is 1. The van der Waals surface area contributed by atoms with E-state index in [0.717, 1.165) is 20.8 Å². The molecule has 2 aliphatic heterocycles. The third-order valence-electron chi connectivity index (χ3n) is 5.64. The summed E-state index contributed by atoms with van der Waals surface area (Å²) in [5.41, 5.74) is 3.53. The fourth-order valence-corrected chi connectivity index (χ4v) is 5.24. The topological polar surface area (TPSA) is 89.5 Å². The highest BCUT2D eigenvalue weighted by Gasteiger charge is 2.37. The number of aryl methyl sites for hydroxylation is 1. The van der Waals surface area contributed by atoms with Crippen molar-refractivity contribution in [2.75, 3.05) is 25.6 Å². The molecule has 0 bridgehead atoms. The number of amides is 1. The molecule has 0 unspecified atom stereocenters. The average Bonchev–Trinajstić information content (AvgIpc) is 3.31. The molecule has 10 heteroatoms. The Hall–Kier alpha value is -3.24. The summed E-state index contributed by atoms with van der Waals surface area (Å²) in [5.74, 6) is 0.161. The van der Waals surface area contributed by atoms with Gasteiger partial charge in [-0.1, -0.05) is 33.8 Å². The van der Waals surface area contributed by atoms with Crippen LogP contribution in [0.5, 0.6) is 11.5 Å². The molecule has 0 saturated carbocycles. The van der Waals surface area contributed by atoms with Crippen molar-refractivity contribution < 1.29 is 23.8 Å². The fourth-order valence-electron chi connectivity index (χ4n) is 3.97. The number of nitrogens with zero attached hydrogens (tertiary/aromatic N) is 2. The van der Waals surface area contributed by atoms with Crippen LogP contribution in [0.1, 0.15) is 31.0 Å². The number of methoxy groups -OCH3 is 1. The molecule has 4 rings (SSSR count). The number of benzene rings is 2. The Morgan fingerprint density at radius 2 is 1.97 bits per heavy atom. The fraction of sp³-hybridized carbons (Fsp3) is 0.269. The number of allylic oxidation sites excluding steroid dienone is 1. The summed E-state index contributed by atoms with van der Waals surface area (Å²) < 4.78 is 17.6. The van der Waals surface area contributed by atoms with E-state index in [9.17, 15) is 9.59 Å². The van der Waals surface area contributed by atoms with Crippen LogP contribution in [0.4, 0.5) is 5.69 Å². The highest BCUT2D eigenvalue weighted by molar-refractivity contribution is 9.10. The van der Waals surface area contributed by atoms with E-state index in [0.29, 0.717) is 28.5 Å². The molecular weight excluding hydrogens is 546 g/mol. The van der Waals surface area contributed by atoms with Crippen LogP contribution in [0.2, 0.25) is 0 Å². The van der Waals surface area contributed by atoms with Gasteiger partial charge >= 0.3 is 5.97 Å². The summed E-state index contributed by atoms with van der Waals surface area (Å²) in [6.45, 7) is 5.57. The number of carbonyl (C=O) groups excluding carboxylic acids is 2. The zero-order valence-corrected chi connectivity index (χ0v) is 22.7. The number of hydrogen-bond donors (Lipinski definition) is 1. The van der Waals surface area contributed by atoms with Gasteiger partial charge in [-0.15, -0.1) is 0 Å². The molecule has 0 aliphatic carbocycles. The maximum absolute atomic E-state index is 12.9. The molecule has 0 fully saturated rings. The lowest BCUT2D eigenvalue weighted by Crippen LogP contribution is -2.34. The lowest BCUT2D eigenvalue weighted by Gasteiger charge is -2.33. The van der Waals surface area contributed by atoms with Crippen LogP contribution in [0.25, 0.3) is 0 Å². The molecule has 188 valence electrons. The molecule has 0 radical (unpaired) electrons. The summed E-state index contributed by atoms with van der Waals surface area (Å²) in [7, 11) is 1.53. The molecule has 1 N–H and O–H groups in total. The van der Waals surface area contributed by atoms with Gasteiger partial charge in [0.05, 0.1) is 31.0 Å². The van der Waals surface area contributed by atoms with Gasteiger partial charge in [0.15, 0.2) is 23.3 Å². The van der Waals surface area contributed by atoms with Gasteiger partial charge in [0.1, 0.15) is 0 Å². The summed E-state index contributed by atoms with van der Waals surface area (Å²) in [5, 5.41) is 5.56. The first kappa shape index (κ1) is 25.8. The van der Waals surface area contributed by atoms with E-state index in [1.807, 2.05) is 60.7 Å². The summed E-state index contributed by atoms with van der Waals surface area (Å²) in [4.78, 5) is 31.9. The van der Waals surface area contributed by atoms with Gasteiger partial charge in [-0.3, -0.25) is 4.79 Å². The smallest absolute Gasteiger partial charge is 0.338 e. The van der Waals surface area contributed by atoms with Crippen molar-refractivity contribution in [3.63, 3.8) is 0 Å². The molecule has 8 nitrogen and oxygen atoms in total. The summed E-state index contributed by atoms with van der Waals surface area (Å²) >= 11 is 4.91. The summed E-state index contributed by atoms with van der Waals surface area (Å²) in [6, 6.07) is 10.6. The number of nitrogens with one attached hydrogen (secondary N) is 1. The number of rotatable bonds is 8. The number of halogens is 1. The Bertz CT molecular complexity index is 1290. The lowest BCUT2D eigenvalue weighted by atomic mass is 9.94. The van der Waals surface area contributed by atoms with Crippen molar-refractivity contribution in [2.24, 2.45) is 4.99 Å². The molecular formula is C26H26BrN3O5S. The van der Waals surface area contributed by atoms with Crippen molar-refractivity contribution in [3.8, 4) is 11.5 Å².